The standard InChI is InChI=1S/C22H22N4O4S/c27-20-18(31-21-23-19(24-26(20)21)16-7-4-12-28-16)17(15-5-2-1-3-6-15)25-10-8-22(9-11-25)29-13-14-30-22/h1-7,12,17,27H,8-11,13-14H2/t17-/m0/s1. The molecule has 2 fully saturated rings. The van der Waals surface area contributed by atoms with E-state index in [0.29, 0.717) is 29.8 Å². The average molecular weight is 439 g/mol. The second-order valence-electron chi connectivity index (χ2n) is 7.85. The van der Waals surface area contributed by atoms with Crippen LogP contribution in [0.15, 0.2) is 53.1 Å². The van der Waals surface area contributed by atoms with Gasteiger partial charge in [-0.1, -0.05) is 41.7 Å². The molecule has 0 bridgehead atoms. The fourth-order valence-corrected chi connectivity index (χ4v) is 5.63. The van der Waals surface area contributed by atoms with Gasteiger partial charge in [-0.15, -0.1) is 5.10 Å². The molecule has 0 unspecified atom stereocenters. The van der Waals surface area contributed by atoms with Crippen molar-refractivity contribution in [1.29, 1.82) is 0 Å². The molecule has 31 heavy (non-hydrogen) atoms. The zero-order chi connectivity index (χ0) is 20.8. The lowest BCUT2D eigenvalue weighted by Gasteiger charge is -2.41. The summed E-state index contributed by atoms with van der Waals surface area (Å²) < 4.78 is 18.7. The van der Waals surface area contributed by atoms with E-state index in [9.17, 15) is 5.11 Å². The fourth-order valence-electron chi connectivity index (χ4n) is 4.51. The van der Waals surface area contributed by atoms with Crippen molar-refractivity contribution in [3.63, 3.8) is 0 Å². The summed E-state index contributed by atoms with van der Waals surface area (Å²) in [5.74, 6) is 0.718. The number of likely N-dealkylation sites (tertiary alicyclic amines) is 1. The number of benzene rings is 1. The molecule has 6 rings (SSSR count). The Bertz CT molecular complexity index is 1170. The Morgan fingerprint density at radius 2 is 1.81 bits per heavy atom. The number of piperidine rings is 1. The van der Waals surface area contributed by atoms with Gasteiger partial charge in [-0.3, -0.25) is 4.90 Å². The molecule has 2 aliphatic heterocycles. The fraction of sp³-hybridized carbons (Fsp3) is 0.364. The third-order valence-electron chi connectivity index (χ3n) is 6.04. The molecule has 4 aromatic rings. The molecule has 0 aliphatic carbocycles. The first-order valence-corrected chi connectivity index (χ1v) is 11.2. The van der Waals surface area contributed by atoms with Gasteiger partial charge in [-0.05, 0) is 17.7 Å². The predicted molar refractivity (Wildman–Crippen MR) is 114 cm³/mol. The maximum absolute atomic E-state index is 11.1. The van der Waals surface area contributed by atoms with Gasteiger partial charge in [0.15, 0.2) is 11.5 Å². The van der Waals surface area contributed by atoms with Gasteiger partial charge in [0.25, 0.3) is 0 Å². The highest BCUT2D eigenvalue weighted by Crippen LogP contribution is 2.43. The maximum Gasteiger partial charge on any atom is 0.230 e. The van der Waals surface area contributed by atoms with E-state index < -0.39 is 5.79 Å². The molecule has 2 aliphatic rings. The van der Waals surface area contributed by atoms with Crippen LogP contribution >= 0.6 is 11.3 Å². The van der Waals surface area contributed by atoms with E-state index in [2.05, 4.69) is 27.1 Å². The van der Waals surface area contributed by atoms with Gasteiger partial charge < -0.3 is 19.0 Å². The van der Waals surface area contributed by atoms with Crippen LogP contribution in [-0.4, -0.2) is 56.7 Å². The van der Waals surface area contributed by atoms with E-state index >= 15 is 0 Å². The topological polar surface area (TPSA) is 85.3 Å². The minimum absolute atomic E-state index is 0.0967. The first-order valence-electron chi connectivity index (χ1n) is 10.4. The molecule has 160 valence electrons. The molecule has 0 radical (unpaired) electrons. The summed E-state index contributed by atoms with van der Waals surface area (Å²) in [6.45, 7) is 2.94. The highest BCUT2D eigenvalue weighted by Gasteiger charge is 2.42. The molecular formula is C22H22N4O4S. The second-order valence-corrected chi connectivity index (χ2v) is 8.86. The first kappa shape index (κ1) is 19.0. The van der Waals surface area contributed by atoms with Gasteiger partial charge in [-0.25, -0.2) is 0 Å². The van der Waals surface area contributed by atoms with Crippen LogP contribution in [0.2, 0.25) is 0 Å². The smallest absolute Gasteiger partial charge is 0.230 e. The van der Waals surface area contributed by atoms with E-state index in [0.717, 1.165) is 36.4 Å². The average Bonchev–Trinajstić information content (AvgIpc) is 3.58. The van der Waals surface area contributed by atoms with E-state index in [1.165, 1.54) is 15.9 Å². The third kappa shape index (κ3) is 3.25. The molecule has 1 atom stereocenters. The van der Waals surface area contributed by atoms with Gasteiger partial charge in [0.1, 0.15) is 0 Å². The Kier molecular flexibility index (Phi) is 4.57. The molecule has 2 saturated heterocycles. The maximum atomic E-state index is 11.1. The first-order chi connectivity index (χ1) is 15.2. The minimum Gasteiger partial charge on any atom is -0.492 e. The lowest BCUT2D eigenvalue weighted by Crippen LogP contribution is -2.46. The van der Waals surface area contributed by atoms with Gasteiger partial charge in [0.05, 0.1) is 30.4 Å². The molecule has 0 saturated carbocycles. The number of nitrogens with zero attached hydrogens (tertiary/aromatic N) is 4. The van der Waals surface area contributed by atoms with Crippen molar-refractivity contribution in [2.45, 2.75) is 24.7 Å². The Morgan fingerprint density at radius 3 is 2.48 bits per heavy atom. The number of fused-ring (bicyclic) bond motifs is 1. The molecule has 3 aromatic heterocycles. The summed E-state index contributed by atoms with van der Waals surface area (Å²) >= 11 is 1.46. The molecule has 8 nitrogen and oxygen atoms in total. The lowest BCUT2D eigenvalue weighted by atomic mass is 9.97. The third-order valence-corrected chi connectivity index (χ3v) is 7.12. The molecule has 1 aromatic carbocycles. The van der Waals surface area contributed by atoms with Crippen molar-refractivity contribution in [3.05, 3.63) is 59.2 Å². The number of furan rings is 1. The van der Waals surface area contributed by atoms with Crippen LogP contribution in [0.4, 0.5) is 0 Å². The number of aromatic nitrogens is 3. The number of rotatable bonds is 4. The number of ether oxygens (including phenoxy) is 2. The van der Waals surface area contributed by atoms with Crippen LogP contribution in [0.25, 0.3) is 16.5 Å². The normalized spacial score (nSPS) is 20.0. The summed E-state index contributed by atoms with van der Waals surface area (Å²) in [6, 6.07) is 13.8. The number of thiazole rings is 1. The molecule has 0 amide bonds. The summed E-state index contributed by atoms with van der Waals surface area (Å²) in [6.07, 6.45) is 3.20. The second kappa shape index (κ2) is 7.45. The van der Waals surface area contributed by atoms with Crippen LogP contribution in [0, 0.1) is 0 Å². The monoisotopic (exact) mass is 438 g/mol. The molecule has 5 heterocycles. The minimum atomic E-state index is -0.441. The Morgan fingerprint density at radius 1 is 1.03 bits per heavy atom. The Balaban J connectivity index is 1.37. The zero-order valence-electron chi connectivity index (χ0n) is 16.8. The van der Waals surface area contributed by atoms with E-state index in [1.54, 1.807) is 18.4 Å². The molecule has 1 spiro atoms. The van der Waals surface area contributed by atoms with Gasteiger partial charge in [-0.2, -0.15) is 9.50 Å². The highest BCUT2D eigenvalue weighted by atomic mass is 32.1. The van der Waals surface area contributed by atoms with Gasteiger partial charge >= 0.3 is 0 Å². The number of aromatic hydroxyl groups is 1. The molecular weight excluding hydrogens is 416 g/mol. The Labute approximate surface area is 182 Å². The summed E-state index contributed by atoms with van der Waals surface area (Å²) in [5, 5.41) is 15.6. The van der Waals surface area contributed by atoms with Crippen LogP contribution in [-0.2, 0) is 9.47 Å². The van der Waals surface area contributed by atoms with Crippen molar-refractivity contribution in [2.24, 2.45) is 0 Å². The lowest BCUT2D eigenvalue weighted by molar-refractivity contribution is -0.187. The Hall–Kier alpha value is -2.72. The summed E-state index contributed by atoms with van der Waals surface area (Å²) in [7, 11) is 0. The van der Waals surface area contributed by atoms with E-state index in [4.69, 9.17) is 13.9 Å². The summed E-state index contributed by atoms with van der Waals surface area (Å²) in [5.41, 5.74) is 1.12. The van der Waals surface area contributed by atoms with Crippen molar-refractivity contribution in [1.82, 2.24) is 19.5 Å². The number of hydrogen-bond acceptors (Lipinski definition) is 8. The van der Waals surface area contributed by atoms with Crippen LogP contribution in [0.5, 0.6) is 5.88 Å². The van der Waals surface area contributed by atoms with E-state index in [-0.39, 0.29) is 11.9 Å². The van der Waals surface area contributed by atoms with Crippen molar-refractivity contribution in [3.8, 4) is 17.5 Å². The molecule has 9 heteroatoms. The molecule has 1 N–H and O–H groups in total. The van der Waals surface area contributed by atoms with Crippen LogP contribution in [0.3, 0.4) is 0 Å². The van der Waals surface area contributed by atoms with Gasteiger partial charge in [0, 0.05) is 25.9 Å². The van der Waals surface area contributed by atoms with E-state index in [1.807, 2.05) is 18.2 Å². The van der Waals surface area contributed by atoms with Crippen molar-refractivity contribution in [2.75, 3.05) is 26.3 Å². The van der Waals surface area contributed by atoms with Gasteiger partial charge in [0.2, 0.25) is 16.7 Å². The van der Waals surface area contributed by atoms with Crippen LogP contribution in [0.1, 0.15) is 29.3 Å². The number of hydrogen-bond donors (Lipinski definition) is 1. The quantitative estimate of drug-likeness (QED) is 0.520. The predicted octanol–water partition coefficient (Wildman–Crippen LogP) is 3.68. The highest BCUT2D eigenvalue weighted by molar-refractivity contribution is 7.17. The van der Waals surface area contributed by atoms with Crippen molar-refractivity contribution < 1.29 is 19.0 Å². The summed E-state index contributed by atoms with van der Waals surface area (Å²) in [4.78, 5) is 8.42. The van der Waals surface area contributed by atoms with Crippen molar-refractivity contribution >= 4 is 16.3 Å². The zero-order valence-corrected chi connectivity index (χ0v) is 17.6. The largest absolute Gasteiger partial charge is 0.492 e. The SMILES string of the molecule is Oc1c([C@H](c2ccccc2)N2CCC3(CC2)OCCO3)sc2nc(-c3ccco3)nn12. The van der Waals surface area contributed by atoms with Crippen LogP contribution < -0.4 is 0 Å².